The Morgan fingerprint density at radius 2 is 1.81 bits per heavy atom. The van der Waals surface area contributed by atoms with E-state index >= 15 is 0 Å². The summed E-state index contributed by atoms with van der Waals surface area (Å²) in [7, 11) is 1.60. The summed E-state index contributed by atoms with van der Waals surface area (Å²) in [4.78, 5) is 27.5. The van der Waals surface area contributed by atoms with E-state index in [1.807, 2.05) is 13.8 Å². The van der Waals surface area contributed by atoms with Gasteiger partial charge in [0, 0.05) is 20.1 Å². The lowest BCUT2D eigenvalue weighted by molar-refractivity contribution is -0.137. The molecule has 2 amide bonds. The number of aromatic nitrogens is 4. The fourth-order valence-electron chi connectivity index (χ4n) is 2.23. The second kappa shape index (κ2) is 9.18. The summed E-state index contributed by atoms with van der Waals surface area (Å²) in [5.41, 5.74) is 0.674. The Morgan fingerprint density at radius 1 is 1.15 bits per heavy atom. The molecule has 0 bridgehead atoms. The lowest BCUT2D eigenvalue weighted by Gasteiger charge is -2.23. The number of tetrazole rings is 1. The number of benzene rings is 1. The fourth-order valence-corrected chi connectivity index (χ4v) is 3.06. The van der Waals surface area contributed by atoms with Crippen LogP contribution in [0.15, 0.2) is 29.4 Å². The van der Waals surface area contributed by atoms with Crippen LogP contribution in [0.5, 0.6) is 5.75 Å². The normalized spacial score (nSPS) is 10.6. The molecule has 0 radical (unpaired) electrons. The van der Waals surface area contributed by atoms with Crippen molar-refractivity contribution in [3.8, 4) is 11.4 Å². The fraction of sp³-hybridized carbons (Fsp3) is 0.438. The van der Waals surface area contributed by atoms with Crippen molar-refractivity contribution in [1.82, 2.24) is 30.0 Å². The first-order chi connectivity index (χ1) is 12.5. The van der Waals surface area contributed by atoms with Gasteiger partial charge in [-0.15, -0.1) is 5.10 Å². The van der Waals surface area contributed by atoms with E-state index in [1.165, 1.54) is 33.5 Å². The maximum absolute atomic E-state index is 12.3. The van der Waals surface area contributed by atoms with Crippen LogP contribution in [-0.4, -0.2) is 79.4 Å². The molecule has 140 valence electrons. The molecule has 0 atom stereocenters. The van der Waals surface area contributed by atoms with Gasteiger partial charge in [-0.3, -0.25) is 9.59 Å². The Kier molecular flexibility index (Phi) is 6.96. The molecule has 0 unspecified atom stereocenters. The largest absolute Gasteiger partial charge is 0.508 e. The van der Waals surface area contributed by atoms with Crippen LogP contribution in [0.25, 0.3) is 5.69 Å². The number of rotatable bonds is 8. The van der Waals surface area contributed by atoms with Crippen LogP contribution in [0.2, 0.25) is 0 Å². The van der Waals surface area contributed by atoms with E-state index in [0.29, 0.717) is 23.9 Å². The molecule has 0 aliphatic carbocycles. The minimum Gasteiger partial charge on any atom is -0.508 e. The van der Waals surface area contributed by atoms with Gasteiger partial charge < -0.3 is 14.9 Å². The van der Waals surface area contributed by atoms with Crippen molar-refractivity contribution < 1.29 is 14.7 Å². The van der Waals surface area contributed by atoms with Gasteiger partial charge in [0.25, 0.3) is 0 Å². The minimum atomic E-state index is -0.184. The number of phenols is 1. The summed E-state index contributed by atoms with van der Waals surface area (Å²) >= 11 is 1.18. The predicted molar refractivity (Wildman–Crippen MR) is 97.1 cm³/mol. The maximum Gasteiger partial charge on any atom is 0.242 e. The monoisotopic (exact) mass is 378 g/mol. The van der Waals surface area contributed by atoms with E-state index in [0.717, 1.165) is 0 Å². The first kappa shape index (κ1) is 19.7. The summed E-state index contributed by atoms with van der Waals surface area (Å²) in [6.45, 7) is 5.09. The van der Waals surface area contributed by atoms with Crippen LogP contribution in [0.4, 0.5) is 0 Å². The average Bonchev–Trinajstić information content (AvgIpc) is 3.09. The molecule has 10 heteroatoms. The Labute approximate surface area is 156 Å². The molecule has 0 fully saturated rings. The van der Waals surface area contributed by atoms with Crippen LogP contribution >= 0.6 is 11.8 Å². The molecule has 0 aliphatic heterocycles. The van der Waals surface area contributed by atoms with Gasteiger partial charge in [-0.1, -0.05) is 11.8 Å². The number of carbonyl (C=O) groups is 2. The van der Waals surface area contributed by atoms with E-state index < -0.39 is 0 Å². The average molecular weight is 378 g/mol. The number of amides is 2. The van der Waals surface area contributed by atoms with E-state index in [1.54, 1.807) is 24.1 Å². The summed E-state index contributed by atoms with van der Waals surface area (Å²) in [6.07, 6.45) is 0. The van der Waals surface area contributed by atoms with E-state index in [2.05, 4.69) is 15.5 Å². The first-order valence-corrected chi connectivity index (χ1v) is 9.17. The van der Waals surface area contributed by atoms with Gasteiger partial charge in [-0.2, -0.15) is 4.68 Å². The van der Waals surface area contributed by atoms with Crippen LogP contribution in [0.3, 0.4) is 0 Å². The van der Waals surface area contributed by atoms with Crippen LogP contribution in [0, 0.1) is 0 Å². The Balaban J connectivity index is 1.95. The molecule has 0 saturated carbocycles. The highest BCUT2D eigenvalue weighted by Crippen LogP contribution is 2.20. The van der Waals surface area contributed by atoms with Crippen LogP contribution in [0.1, 0.15) is 13.8 Å². The van der Waals surface area contributed by atoms with Crippen molar-refractivity contribution >= 4 is 23.6 Å². The zero-order chi connectivity index (χ0) is 19.1. The molecule has 2 aromatic rings. The van der Waals surface area contributed by atoms with Gasteiger partial charge in [-0.05, 0) is 48.5 Å². The molecule has 1 aromatic heterocycles. The highest BCUT2D eigenvalue weighted by Gasteiger charge is 2.18. The molecule has 26 heavy (non-hydrogen) atoms. The molecule has 2 rings (SSSR count). The van der Waals surface area contributed by atoms with Crippen molar-refractivity contribution in [2.75, 3.05) is 32.4 Å². The van der Waals surface area contributed by atoms with Crippen molar-refractivity contribution in [2.45, 2.75) is 19.0 Å². The topological polar surface area (TPSA) is 104 Å². The number of aromatic hydroxyl groups is 1. The van der Waals surface area contributed by atoms with Crippen molar-refractivity contribution in [1.29, 1.82) is 0 Å². The summed E-state index contributed by atoms with van der Waals surface area (Å²) < 4.78 is 1.48. The number of hydrogen-bond acceptors (Lipinski definition) is 7. The van der Waals surface area contributed by atoms with Gasteiger partial charge >= 0.3 is 0 Å². The predicted octanol–water partition coefficient (Wildman–Crippen LogP) is 0.787. The van der Waals surface area contributed by atoms with E-state index in [-0.39, 0.29) is 29.9 Å². The zero-order valence-corrected chi connectivity index (χ0v) is 15.8. The summed E-state index contributed by atoms with van der Waals surface area (Å²) in [5.74, 6) is -0.00763. The maximum atomic E-state index is 12.3. The standard InChI is InChI=1S/C16H22N6O3S/c1-4-21(5-2)14(24)10-20(3)15(25)11-26-16-17-18-19-22(16)12-6-8-13(23)9-7-12/h6-9,23H,4-5,10-11H2,1-3H3. The van der Waals surface area contributed by atoms with Crippen LogP contribution < -0.4 is 0 Å². The number of phenolic OH excluding ortho intramolecular Hbond substituents is 1. The summed E-state index contributed by atoms with van der Waals surface area (Å²) in [5, 5.41) is 21.3. The number of carbonyl (C=O) groups excluding carboxylic acids is 2. The minimum absolute atomic E-state index is 0.0456. The number of nitrogens with zero attached hydrogens (tertiary/aromatic N) is 6. The third-order valence-electron chi connectivity index (χ3n) is 3.77. The third-order valence-corrected chi connectivity index (χ3v) is 4.68. The van der Waals surface area contributed by atoms with Crippen molar-refractivity contribution in [3.63, 3.8) is 0 Å². The first-order valence-electron chi connectivity index (χ1n) is 8.18. The molecule has 1 N–H and O–H groups in total. The molecule has 9 nitrogen and oxygen atoms in total. The van der Waals surface area contributed by atoms with Gasteiger partial charge in [0.05, 0.1) is 18.0 Å². The third kappa shape index (κ3) is 4.94. The molecule has 1 heterocycles. The molecule has 0 saturated heterocycles. The SMILES string of the molecule is CCN(CC)C(=O)CN(C)C(=O)CSc1nnnn1-c1ccc(O)cc1. The Bertz CT molecular complexity index is 745. The number of hydrogen-bond donors (Lipinski definition) is 1. The van der Waals surface area contributed by atoms with Crippen molar-refractivity contribution in [3.05, 3.63) is 24.3 Å². The summed E-state index contributed by atoms with van der Waals surface area (Å²) in [6, 6.07) is 6.41. The number of thioether (sulfide) groups is 1. The van der Waals surface area contributed by atoms with Crippen LogP contribution in [-0.2, 0) is 9.59 Å². The molecular weight excluding hydrogens is 356 g/mol. The molecular formula is C16H22N6O3S. The molecule has 0 aliphatic rings. The van der Waals surface area contributed by atoms with Crippen molar-refractivity contribution in [2.24, 2.45) is 0 Å². The number of likely N-dealkylation sites (N-methyl/N-ethyl adjacent to an activating group) is 2. The molecule has 1 aromatic carbocycles. The van der Waals surface area contributed by atoms with Gasteiger partial charge in [0.15, 0.2) is 0 Å². The van der Waals surface area contributed by atoms with E-state index in [9.17, 15) is 14.7 Å². The van der Waals surface area contributed by atoms with Gasteiger partial charge in [-0.25, -0.2) is 0 Å². The second-order valence-electron chi connectivity index (χ2n) is 5.49. The lowest BCUT2D eigenvalue weighted by Crippen LogP contribution is -2.41. The highest BCUT2D eigenvalue weighted by molar-refractivity contribution is 7.99. The van der Waals surface area contributed by atoms with Gasteiger partial charge in [0.1, 0.15) is 5.75 Å². The quantitative estimate of drug-likeness (QED) is 0.677. The van der Waals surface area contributed by atoms with Gasteiger partial charge in [0.2, 0.25) is 17.0 Å². The smallest absolute Gasteiger partial charge is 0.242 e. The Morgan fingerprint density at radius 3 is 2.42 bits per heavy atom. The van der Waals surface area contributed by atoms with E-state index in [4.69, 9.17) is 0 Å². The second-order valence-corrected chi connectivity index (χ2v) is 6.44. The Hall–Kier alpha value is -2.62. The highest BCUT2D eigenvalue weighted by atomic mass is 32.2. The lowest BCUT2D eigenvalue weighted by atomic mass is 10.3. The zero-order valence-electron chi connectivity index (χ0n) is 15.0. The molecule has 0 spiro atoms.